The van der Waals surface area contributed by atoms with E-state index in [0.29, 0.717) is 0 Å². The molecule has 0 saturated carbocycles. The minimum Gasteiger partial charge on any atom is -0.315 e. The van der Waals surface area contributed by atoms with Gasteiger partial charge < -0.3 is 16.0 Å². The first kappa shape index (κ1) is 36.6. The maximum atomic E-state index is 3.59. The van der Waals surface area contributed by atoms with E-state index in [4.69, 9.17) is 0 Å². The zero-order valence-corrected chi connectivity index (χ0v) is 25.9. The first-order chi connectivity index (χ1) is 18.4. The Balaban J connectivity index is 3.05. The summed E-state index contributed by atoms with van der Waals surface area (Å²) in [4.78, 5) is 0. The van der Waals surface area contributed by atoms with Crippen molar-refractivity contribution in [3.63, 3.8) is 0 Å². The largest absolute Gasteiger partial charge is 0.315 e. The smallest absolute Gasteiger partial charge is 0.00772 e. The molecule has 0 heterocycles. The third kappa shape index (κ3) is 35.6. The Bertz CT molecular complexity index is 410. The lowest BCUT2D eigenvalue weighted by molar-refractivity contribution is 0.531. The fourth-order valence-electron chi connectivity index (χ4n) is 4.96. The molecular weight excluding hydrogens is 450 g/mol. The van der Waals surface area contributed by atoms with E-state index in [2.05, 4.69) is 41.9 Å². The van der Waals surface area contributed by atoms with Gasteiger partial charge in [-0.2, -0.15) is 0 Å². The van der Waals surface area contributed by atoms with Crippen molar-refractivity contribution in [1.29, 1.82) is 0 Å². The average molecular weight is 522 g/mol. The molecule has 0 aliphatic heterocycles. The molecule has 0 atom stereocenters. The summed E-state index contributed by atoms with van der Waals surface area (Å²) in [5.74, 6) is 0. The number of allylic oxidation sites excluding steroid dienone is 2. The van der Waals surface area contributed by atoms with E-state index in [1.165, 1.54) is 167 Å². The topological polar surface area (TPSA) is 36.1 Å². The van der Waals surface area contributed by atoms with Crippen LogP contribution in [-0.2, 0) is 0 Å². The summed E-state index contributed by atoms with van der Waals surface area (Å²) in [7, 11) is 0. The Morgan fingerprint density at radius 1 is 0.297 bits per heavy atom. The van der Waals surface area contributed by atoms with Gasteiger partial charge in [-0.25, -0.2) is 0 Å². The van der Waals surface area contributed by atoms with E-state index < -0.39 is 0 Å². The van der Waals surface area contributed by atoms with E-state index in [0.717, 1.165) is 26.2 Å². The molecule has 0 aliphatic rings. The molecule has 0 amide bonds. The number of hydrogen-bond acceptors (Lipinski definition) is 3. The van der Waals surface area contributed by atoms with Crippen molar-refractivity contribution in [1.82, 2.24) is 16.0 Å². The Hall–Kier alpha value is -0.380. The SMILES string of the molecule is CCCCCCCCC=CCCCCCCCCNCCNCCNCCCCCCCCCCCC. The maximum Gasteiger partial charge on any atom is 0.00772 e. The third-order valence-corrected chi connectivity index (χ3v) is 7.53. The summed E-state index contributed by atoms with van der Waals surface area (Å²) in [6.07, 6.45) is 38.4. The average Bonchev–Trinajstić information content (AvgIpc) is 2.91. The zero-order valence-electron chi connectivity index (χ0n) is 25.9. The molecule has 3 heteroatoms. The van der Waals surface area contributed by atoms with Gasteiger partial charge in [0.15, 0.2) is 0 Å². The van der Waals surface area contributed by atoms with Crippen LogP contribution in [0.4, 0.5) is 0 Å². The summed E-state index contributed by atoms with van der Waals surface area (Å²) in [5.41, 5.74) is 0. The molecule has 0 fully saturated rings. The van der Waals surface area contributed by atoms with Crippen LogP contribution in [0.5, 0.6) is 0 Å². The van der Waals surface area contributed by atoms with Crippen LogP contribution >= 0.6 is 0 Å². The van der Waals surface area contributed by atoms with Gasteiger partial charge in [-0.3, -0.25) is 0 Å². The van der Waals surface area contributed by atoms with Crippen LogP contribution in [0, 0.1) is 0 Å². The maximum absolute atomic E-state index is 3.59. The van der Waals surface area contributed by atoms with Crippen molar-refractivity contribution in [3.05, 3.63) is 12.2 Å². The molecule has 0 aliphatic carbocycles. The molecule has 0 aromatic rings. The third-order valence-electron chi connectivity index (χ3n) is 7.53. The second kappa shape index (κ2) is 35.6. The quantitative estimate of drug-likeness (QED) is 0.0594. The van der Waals surface area contributed by atoms with Crippen molar-refractivity contribution in [2.24, 2.45) is 0 Å². The lowest BCUT2D eigenvalue weighted by Crippen LogP contribution is -2.33. The number of hydrogen-bond donors (Lipinski definition) is 3. The molecule has 0 rings (SSSR count). The predicted octanol–water partition coefficient (Wildman–Crippen LogP) is 9.71. The first-order valence-electron chi connectivity index (χ1n) is 17.2. The van der Waals surface area contributed by atoms with E-state index in [-0.39, 0.29) is 0 Å². The van der Waals surface area contributed by atoms with Gasteiger partial charge in [-0.05, 0) is 51.6 Å². The van der Waals surface area contributed by atoms with Gasteiger partial charge in [0.2, 0.25) is 0 Å². The normalized spacial score (nSPS) is 11.7. The summed E-state index contributed by atoms with van der Waals surface area (Å²) in [6.45, 7) is 11.3. The van der Waals surface area contributed by atoms with Crippen molar-refractivity contribution in [2.45, 2.75) is 168 Å². The van der Waals surface area contributed by atoms with Gasteiger partial charge in [0, 0.05) is 26.2 Å². The van der Waals surface area contributed by atoms with E-state index in [1.54, 1.807) is 0 Å². The van der Waals surface area contributed by atoms with Crippen LogP contribution < -0.4 is 16.0 Å². The van der Waals surface area contributed by atoms with E-state index in [9.17, 15) is 0 Å². The van der Waals surface area contributed by atoms with Gasteiger partial charge in [-0.1, -0.05) is 142 Å². The molecule has 0 aromatic carbocycles. The van der Waals surface area contributed by atoms with Crippen molar-refractivity contribution in [2.75, 3.05) is 39.3 Å². The minimum atomic E-state index is 1.09. The minimum absolute atomic E-state index is 1.09. The predicted molar refractivity (Wildman–Crippen MR) is 170 cm³/mol. The van der Waals surface area contributed by atoms with Crippen LogP contribution in [0.1, 0.15) is 168 Å². The molecular formula is C34H71N3. The zero-order chi connectivity index (χ0) is 26.7. The highest BCUT2D eigenvalue weighted by molar-refractivity contribution is 4.81. The molecule has 0 saturated heterocycles. The molecule has 0 radical (unpaired) electrons. The van der Waals surface area contributed by atoms with Crippen molar-refractivity contribution in [3.8, 4) is 0 Å². The summed E-state index contributed by atoms with van der Waals surface area (Å²) < 4.78 is 0. The Labute approximate surface area is 235 Å². The fraction of sp³-hybridized carbons (Fsp3) is 0.941. The number of rotatable bonds is 33. The van der Waals surface area contributed by atoms with E-state index in [1.807, 2.05) is 0 Å². The van der Waals surface area contributed by atoms with Crippen LogP contribution in [-0.4, -0.2) is 39.3 Å². The standard InChI is InChI=1S/C34H71N3/c1-3-5-7-9-11-13-15-16-17-18-19-20-22-24-26-28-30-36-32-34-37-33-31-35-29-27-25-23-21-14-12-10-8-6-4-2/h16-17,35-37H,3-15,18-34H2,1-2H3. The van der Waals surface area contributed by atoms with Crippen LogP contribution in [0.2, 0.25) is 0 Å². The molecule has 0 spiro atoms. The summed E-state index contributed by atoms with van der Waals surface area (Å²) >= 11 is 0. The Morgan fingerprint density at radius 2 is 0.568 bits per heavy atom. The summed E-state index contributed by atoms with van der Waals surface area (Å²) in [5, 5.41) is 10.7. The molecule has 3 N–H and O–H groups in total. The molecule has 37 heavy (non-hydrogen) atoms. The lowest BCUT2D eigenvalue weighted by atomic mass is 10.1. The fourth-order valence-corrected chi connectivity index (χ4v) is 4.96. The van der Waals surface area contributed by atoms with Crippen molar-refractivity contribution >= 4 is 0 Å². The molecule has 3 nitrogen and oxygen atoms in total. The van der Waals surface area contributed by atoms with Crippen LogP contribution in [0.15, 0.2) is 12.2 Å². The number of unbranched alkanes of at least 4 members (excludes halogenated alkanes) is 21. The highest BCUT2D eigenvalue weighted by atomic mass is 15.0. The van der Waals surface area contributed by atoms with Crippen LogP contribution in [0.25, 0.3) is 0 Å². The first-order valence-corrected chi connectivity index (χ1v) is 17.2. The Morgan fingerprint density at radius 3 is 0.919 bits per heavy atom. The molecule has 0 unspecified atom stereocenters. The molecule has 0 bridgehead atoms. The highest BCUT2D eigenvalue weighted by Crippen LogP contribution is 2.11. The second-order valence-electron chi connectivity index (χ2n) is 11.4. The van der Waals surface area contributed by atoms with Gasteiger partial charge in [-0.15, -0.1) is 0 Å². The lowest BCUT2D eigenvalue weighted by Gasteiger charge is -2.08. The van der Waals surface area contributed by atoms with Crippen molar-refractivity contribution < 1.29 is 0 Å². The second-order valence-corrected chi connectivity index (χ2v) is 11.4. The van der Waals surface area contributed by atoms with Crippen LogP contribution in [0.3, 0.4) is 0 Å². The monoisotopic (exact) mass is 522 g/mol. The van der Waals surface area contributed by atoms with Gasteiger partial charge in [0.1, 0.15) is 0 Å². The highest BCUT2D eigenvalue weighted by Gasteiger charge is 1.95. The van der Waals surface area contributed by atoms with Gasteiger partial charge in [0.25, 0.3) is 0 Å². The molecule has 222 valence electrons. The number of nitrogens with one attached hydrogen (secondary N) is 3. The van der Waals surface area contributed by atoms with Gasteiger partial charge in [0.05, 0.1) is 0 Å². The molecule has 0 aromatic heterocycles. The van der Waals surface area contributed by atoms with Gasteiger partial charge >= 0.3 is 0 Å². The Kier molecular flexibility index (Phi) is 35.3. The van der Waals surface area contributed by atoms with E-state index >= 15 is 0 Å². The summed E-state index contributed by atoms with van der Waals surface area (Å²) in [6, 6.07) is 0.